The molecule has 1 heterocycles. The lowest BCUT2D eigenvalue weighted by molar-refractivity contribution is -0.166. The van der Waals surface area contributed by atoms with Crippen molar-refractivity contribution in [3.8, 4) is 6.07 Å². The van der Waals surface area contributed by atoms with E-state index in [9.17, 15) is 26.4 Å². The van der Waals surface area contributed by atoms with Crippen molar-refractivity contribution in [2.75, 3.05) is 24.6 Å². The molecule has 0 bridgehead atoms. The van der Waals surface area contributed by atoms with E-state index in [0.29, 0.717) is 0 Å². The maximum Gasteiger partial charge on any atom is 0.405 e. The van der Waals surface area contributed by atoms with Crippen LogP contribution in [0.5, 0.6) is 0 Å². The number of carboxylic acid groups (broad SMARTS) is 1. The molecule has 0 aliphatic carbocycles. The number of halogens is 3. The van der Waals surface area contributed by atoms with E-state index in [4.69, 9.17) is 10.4 Å². The lowest BCUT2D eigenvalue weighted by Crippen LogP contribution is -2.45. The average Bonchev–Trinajstić information content (AvgIpc) is 2.62. The molecule has 20 heavy (non-hydrogen) atoms. The van der Waals surface area contributed by atoms with Crippen LogP contribution in [0, 0.1) is 17.2 Å². The maximum absolute atomic E-state index is 12.5. The van der Waals surface area contributed by atoms with Gasteiger partial charge in [-0.05, 0) is 6.42 Å². The molecule has 0 aromatic heterocycles. The van der Waals surface area contributed by atoms with E-state index in [-0.39, 0.29) is 17.9 Å². The SMILES string of the molecule is N#CC(CN(CC(=O)O)C1CCS(=O)(=O)C1)C(F)(F)F. The fraction of sp³-hybridized carbons (Fsp3) is 0.800. The maximum atomic E-state index is 12.5. The molecule has 0 aromatic carbocycles. The van der Waals surface area contributed by atoms with Crippen LogP contribution in [-0.2, 0) is 14.6 Å². The quantitative estimate of drug-likeness (QED) is 0.781. The van der Waals surface area contributed by atoms with Crippen LogP contribution in [0.4, 0.5) is 13.2 Å². The number of sulfone groups is 1. The highest BCUT2D eigenvalue weighted by atomic mass is 32.2. The molecular weight excluding hydrogens is 301 g/mol. The van der Waals surface area contributed by atoms with Gasteiger partial charge in [0.25, 0.3) is 0 Å². The average molecular weight is 314 g/mol. The number of carbonyl (C=O) groups is 1. The molecule has 0 radical (unpaired) electrons. The monoisotopic (exact) mass is 314 g/mol. The van der Waals surface area contributed by atoms with Crippen LogP contribution in [0.25, 0.3) is 0 Å². The first kappa shape index (κ1) is 16.7. The number of nitriles is 1. The smallest absolute Gasteiger partial charge is 0.405 e. The van der Waals surface area contributed by atoms with Crippen LogP contribution in [0.1, 0.15) is 6.42 Å². The number of alkyl halides is 3. The van der Waals surface area contributed by atoms with E-state index in [0.717, 1.165) is 11.0 Å². The summed E-state index contributed by atoms with van der Waals surface area (Å²) < 4.78 is 60.3. The summed E-state index contributed by atoms with van der Waals surface area (Å²) in [6, 6.07) is 0.284. The summed E-state index contributed by atoms with van der Waals surface area (Å²) in [4.78, 5) is 11.6. The van der Waals surface area contributed by atoms with Gasteiger partial charge in [0.15, 0.2) is 15.8 Å². The number of hydrogen-bond donors (Lipinski definition) is 1. The van der Waals surface area contributed by atoms with E-state index in [2.05, 4.69) is 0 Å². The largest absolute Gasteiger partial charge is 0.480 e. The zero-order valence-corrected chi connectivity index (χ0v) is 11.1. The van der Waals surface area contributed by atoms with Crippen LogP contribution in [0.15, 0.2) is 0 Å². The second-order valence-electron chi connectivity index (χ2n) is 4.60. The molecule has 1 aliphatic heterocycles. The standard InChI is InChI=1S/C10H13F3N2O4S/c11-10(12,13)7(3-14)4-15(5-9(16)17)8-1-2-20(18,19)6-8/h7-8H,1-2,4-6H2,(H,16,17). The van der Waals surface area contributed by atoms with Crippen LogP contribution in [0.3, 0.4) is 0 Å². The van der Waals surface area contributed by atoms with Gasteiger partial charge >= 0.3 is 12.1 Å². The Kier molecular flexibility index (Phi) is 4.99. The second-order valence-corrected chi connectivity index (χ2v) is 6.83. The molecule has 1 aliphatic rings. The molecule has 0 aromatic rings. The zero-order chi connectivity index (χ0) is 15.6. The second kappa shape index (κ2) is 5.97. The summed E-state index contributed by atoms with van der Waals surface area (Å²) >= 11 is 0. The Balaban J connectivity index is 2.86. The highest BCUT2D eigenvalue weighted by Gasteiger charge is 2.43. The Labute approximate surface area is 113 Å². The van der Waals surface area contributed by atoms with E-state index in [1.54, 1.807) is 0 Å². The van der Waals surface area contributed by atoms with Gasteiger partial charge in [0.2, 0.25) is 0 Å². The molecule has 2 atom stereocenters. The Morgan fingerprint density at radius 1 is 1.50 bits per heavy atom. The predicted octanol–water partition coefficient (Wildman–Crippen LogP) is 0.262. The van der Waals surface area contributed by atoms with Gasteiger partial charge in [0.05, 0.1) is 24.1 Å². The van der Waals surface area contributed by atoms with E-state index >= 15 is 0 Å². The molecule has 0 spiro atoms. The molecule has 1 N–H and O–H groups in total. The minimum absolute atomic E-state index is 0.0750. The predicted molar refractivity (Wildman–Crippen MR) is 61.4 cm³/mol. The normalized spacial score (nSPS) is 23.4. The fourth-order valence-electron chi connectivity index (χ4n) is 2.03. The summed E-state index contributed by atoms with van der Waals surface area (Å²) in [5.74, 6) is -4.27. The van der Waals surface area contributed by atoms with E-state index in [1.807, 2.05) is 0 Å². The fourth-order valence-corrected chi connectivity index (χ4v) is 3.79. The summed E-state index contributed by atoms with van der Waals surface area (Å²) in [7, 11) is -3.35. The first-order valence-electron chi connectivity index (χ1n) is 5.68. The molecule has 1 rings (SSSR count). The van der Waals surface area contributed by atoms with Gasteiger partial charge in [-0.15, -0.1) is 0 Å². The number of hydrogen-bond acceptors (Lipinski definition) is 5. The van der Waals surface area contributed by atoms with Crippen molar-refractivity contribution in [2.45, 2.75) is 18.6 Å². The number of nitrogens with zero attached hydrogens (tertiary/aromatic N) is 2. The molecule has 10 heteroatoms. The van der Waals surface area contributed by atoms with Gasteiger partial charge in [0, 0.05) is 12.6 Å². The number of aliphatic carboxylic acids is 1. The van der Waals surface area contributed by atoms with Gasteiger partial charge in [-0.1, -0.05) is 0 Å². The number of rotatable bonds is 5. The van der Waals surface area contributed by atoms with Crippen molar-refractivity contribution in [1.29, 1.82) is 5.26 Å². The van der Waals surface area contributed by atoms with Gasteiger partial charge in [0.1, 0.15) is 0 Å². The van der Waals surface area contributed by atoms with Crippen molar-refractivity contribution in [3.63, 3.8) is 0 Å². The van der Waals surface area contributed by atoms with Crippen LogP contribution in [-0.4, -0.2) is 61.2 Å². The Morgan fingerprint density at radius 2 is 2.10 bits per heavy atom. The van der Waals surface area contributed by atoms with Crippen molar-refractivity contribution in [2.24, 2.45) is 5.92 Å². The lowest BCUT2D eigenvalue weighted by atomic mass is 10.1. The third-order valence-corrected chi connectivity index (χ3v) is 4.78. The van der Waals surface area contributed by atoms with E-state index < -0.39 is 47.0 Å². The van der Waals surface area contributed by atoms with Crippen LogP contribution >= 0.6 is 0 Å². The molecule has 1 fully saturated rings. The Morgan fingerprint density at radius 3 is 2.45 bits per heavy atom. The lowest BCUT2D eigenvalue weighted by Gasteiger charge is -2.28. The molecule has 114 valence electrons. The number of carboxylic acids is 1. The summed E-state index contributed by atoms with van der Waals surface area (Å²) in [5, 5.41) is 17.2. The van der Waals surface area contributed by atoms with Gasteiger partial charge < -0.3 is 5.11 Å². The first-order valence-corrected chi connectivity index (χ1v) is 7.50. The van der Waals surface area contributed by atoms with Crippen molar-refractivity contribution in [1.82, 2.24) is 4.90 Å². The van der Waals surface area contributed by atoms with Crippen molar-refractivity contribution >= 4 is 15.8 Å². The Hall–Kier alpha value is -1.34. The van der Waals surface area contributed by atoms with Gasteiger partial charge in [-0.2, -0.15) is 18.4 Å². The highest BCUT2D eigenvalue weighted by Crippen LogP contribution is 2.28. The molecule has 0 saturated carbocycles. The molecule has 2 unspecified atom stereocenters. The molecular formula is C10H13F3N2O4S. The minimum atomic E-state index is -4.77. The van der Waals surface area contributed by atoms with Crippen LogP contribution < -0.4 is 0 Å². The molecule has 0 amide bonds. The minimum Gasteiger partial charge on any atom is -0.480 e. The summed E-state index contributed by atoms with van der Waals surface area (Å²) in [6.45, 7) is -1.57. The third-order valence-electron chi connectivity index (χ3n) is 3.03. The zero-order valence-electron chi connectivity index (χ0n) is 10.3. The topological polar surface area (TPSA) is 98.5 Å². The summed E-state index contributed by atoms with van der Waals surface area (Å²) in [6.07, 6.45) is -4.70. The van der Waals surface area contributed by atoms with E-state index in [1.165, 1.54) is 0 Å². The molecule has 6 nitrogen and oxygen atoms in total. The van der Waals surface area contributed by atoms with Crippen LogP contribution in [0.2, 0.25) is 0 Å². The first-order chi connectivity index (χ1) is 9.05. The summed E-state index contributed by atoms with van der Waals surface area (Å²) in [5.41, 5.74) is 0. The molecule has 1 saturated heterocycles. The third kappa shape index (κ3) is 4.64. The van der Waals surface area contributed by atoms with Crippen molar-refractivity contribution in [3.05, 3.63) is 0 Å². The highest BCUT2D eigenvalue weighted by molar-refractivity contribution is 7.91. The van der Waals surface area contributed by atoms with Gasteiger partial charge in [-0.3, -0.25) is 9.69 Å². The van der Waals surface area contributed by atoms with Crippen molar-refractivity contribution < 1.29 is 31.5 Å². The van der Waals surface area contributed by atoms with Gasteiger partial charge in [-0.25, -0.2) is 8.42 Å². The Bertz CT molecular complexity index is 512.